The zero-order chi connectivity index (χ0) is 15.8. The molecule has 0 saturated carbocycles. The first-order valence-electron chi connectivity index (χ1n) is 7.28. The number of benzene rings is 1. The molecule has 0 bridgehead atoms. The Labute approximate surface area is 131 Å². The lowest BCUT2D eigenvalue weighted by Crippen LogP contribution is -1.84. The van der Waals surface area contributed by atoms with Crippen molar-refractivity contribution in [2.45, 2.75) is 19.8 Å². The highest BCUT2D eigenvalue weighted by atomic mass is 16.3. The number of nitrogens with zero attached hydrogens (tertiary/aromatic N) is 2. The first kappa shape index (κ1) is 15.7. The SMILES string of the molecule is CC(C)c1ccc(O)cc1.c1ccc(-c2ccccn2)nc1. The van der Waals surface area contributed by atoms with Gasteiger partial charge in [-0.1, -0.05) is 38.1 Å². The van der Waals surface area contributed by atoms with Crippen LogP contribution in [0.2, 0.25) is 0 Å². The summed E-state index contributed by atoms with van der Waals surface area (Å²) in [4.78, 5) is 8.37. The monoisotopic (exact) mass is 292 g/mol. The van der Waals surface area contributed by atoms with Gasteiger partial charge in [0, 0.05) is 12.4 Å². The highest BCUT2D eigenvalue weighted by molar-refractivity contribution is 5.52. The van der Waals surface area contributed by atoms with Gasteiger partial charge in [-0.2, -0.15) is 0 Å². The molecule has 0 fully saturated rings. The van der Waals surface area contributed by atoms with Crippen molar-refractivity contribution >= 4 is 0 Å². The lowest BCUT2D eigenvalue weighted by atomic mass is 10.0. The molecule has 0 unspecified atom stereocenters. The number of hydrogen-bond donors (Lipinski definition) is 1. The summed E-state index contributed by atoms with van der Waals surface area (Å²) in [5.74, 6) is 0.880. The molecule has 0 spiro atoms. The average molecular weight is 292 g/mol. The topological polar surface area (TPSA) is 46.0 Å². The minimum absolute atomic E-state index is 0.337. The second-order valence-corrected chi connectivity index (χ2v) is 5.18. The maximum Gasteiger partial charge on any atom is 0.115 e. The van der Waals surface area contributed by atoms with Crippen molar-refractivity contribution in [3.8, 4) is 17.1 Å². The van der Waals surface area contributed by atoms with E-state index >= 15 is 0 Å². The molecule has 112 valence electrons. The predicted octanol–water partition coefficient (Wildman–Crippen LogP) is 4.66. The van der Waals surface area contributed by atoms with Crippen LogP contribution < -0.4 is 0 Å². The molecule has 1 aromatic carbocycles. The summed E-state index contributed by atoms with van der Waals surface area (Å²) in [5, 5.41) is 8.94. The third-order valence-electron chi connectivity index (χ3n) is 3.15. The molecule has 3 nitrogen and oxygen atoms in total. The Morgan fingerprint density at radius 3 is 1.59 bits per heavy atom. The van der Waals surface area contributed by atoms with Crippen molar-refractivity contribution in [2.24, 2.45) is 0 Å². The lowest BCUT2D eigenvalue weighted by Gasteiger charge is -2.03. The normalized spacial score (nSPS) is 9.95. The van der Waals surface area contributed by atoms with E-state index in [1.54, 1.807) is 24.5 Å². The maximum atomic E-state index is 8.94. The summed E-state index contributed by atoms with van der Waals surface area (Å²) >= 11 is 0. The molecule has 0 radical (unpaired) electrons. The Bertz CT molecular complexity index is 627. The van der Waals surface area contributed by atoms with E-state index in [-0.39, 0.29) is 0 Å². The van der Waals surface area contributed by atoms with Crippen LogP contribution in [0.15, 0.2) is 73.1 Å². The Morgan fingerprint density at radius 1 is 0.727 bits per heavy atom. The average Bonchev–Trinajstić information content (AvgIpc) is 2.57. The fourth-order valence-electron chi connectivity index (χ4n) is 1.89. The number of hydrogen-bond acceptors (Lipinski definition) is 3. The van der Waals surface area contributed by atoms with Crippen molar-refractivity contribution in [3.05, 3.63) is 78.6 Å². The summed E-state index contributed by atoms with van der Waals surface area (Å²) in [6, 6.07) is 18.9. The van der Waals surface area contributed by atoms with E-state index in [9.17, 15) is 0 Å². The van der Waals surface area contributed by atoms with E-state index in [1.165, 1.54) is 5.56 Å². The molecule has 2 heterocycles. The summed E-state index contributed by atoms with van der Waals surface area (Å²) in [7, 11) is 0. The van der Waals surface area contributed by atoms with E-state index in [4.69, 9.17) is 5.11 Å². The quantitative estimate of drug-likeness (QED) is 0.747. The van der Waals surface area contributed by atoms with Crippen molar-refractivity contribution in [1.29, 1.82) is 0 Å². The molecule has 0 aliphatic carbocycles. The van der Waals surface area contributed by atoms with Gasteiger partial charge in [-0.15, -0.1) is 0 Å². The van der Waals surface area contributed by atoms with Gasteiger partial charge in [0.05, 0.1) is 11.4 Å². The minimum atomic E-state index is 0.337. The van der Waals surface area contributed by atoms with Crippen molar-refractivity contribution in [3.63, 3.8) is 0 Å². The van der Waals surface area contributed by atoms with E-state index in [0.29, 0.717) is 11.7 Å². The summed E-state index contributed by atoms with van der Waals surface area (Å²) in [6.07, 6.45) is 3.54. The molecule has 0 amide bonds. The van der Waals surface area contributed by atoms with Crippen LogP contribution in [0.4, 0.5) is 0 Å². The van der Waals surface area contributed by atoms with Gasteiger partial charge in [0.25, 0.3) is 0 Å². The van der Waals surface area contributed by atoms with Gasteiger partial charge in [-0.3, -0.25) is 9.97 Å². The molecule has 3 heteroatoms. The predicted molar refractivity (Wildman–Crippen MR) is 89.7 cm³/mol. The smallest absolute Gasteiger partial charge is 0.115 e. The van der Waals surface area contributed by atoms with Crippen LogP contribution >= 0.6 is 0 Å². The van der Waals surface area contributed by atoms with Gasteiger partial charge in [-0.25, -0.2) is 0 Å². The second kappa shape index (κ2) is 7.93. The van der Waals surface area contributed by atoms with Crippen LogP contribution in [0.1, 0.15) is 25.3 Å². The molecule has 0 aliphatic heterocycles. The number of aromatic nitrogens is 2. The molecule has 0 saturated heterocycles. The zero-order valence-corrected chi connectivity index (χ0v) is 12.8. The highest BCUT2D eigenvalue weighted by Crippen LogP contribution is 2.16. The molecule has 3 aromatic rings. The van der Waals surface area contributed by atoms with E-state index in [2.05, 4.69) is 23.8 Å². The Hall–Kier alpha value is -2.68. The van der Waals surface area contributed by atoms with E-state index in [1.807, 2.05) is 48.5 Å². The molecular formula is C19H20N2O. The van der Waals surface area contributed by atoms with Crippen molar-refractivity contribution < 1.29 is 5.11 Å². The highest BCUT2D eigenvalue weighted by Gasteiger charge is 1.96. The van der Waals surface area contributed by atoms with Crippen LogP contribution in [-0.2, 0) is 0 Å². The van der Waals surface area contributed by atoms with Gasteiger partial charge in [0.15, 0.2) is 0 Å². The van der Waals surface area contributed by atoms with Crippen molar-refractivity contribution in [2.75, 3.05) is 0 Å². The number of phenols is 1. The van der Waals surface area contributed by atoms with E-state index in [0.717, 1.165) is 11.4 Å². The van der Waals surface area contributed by atoms with Crippen LogP contribution in [0.5, 0.6) is 5.75 Å². The Morgan fingerprint density at radius 2 is 1.23 bits per heavy atom. The Balaban J connectivity index is 0.000000164. The third kappa shape index (κ3) is 4.70. The van der Waals surface area contributed by atoms with Crippen LogP contribution in [0.3, 0.4) is 0 Å². The molecular weight excluding hydrogens is 272 g/mol. The molecule has 0 aliphatic rings. The number of aromatic hydroxyl groups is 1. The molecule has 1 N–H and O–H groups in total. The summed E-state index contributed by atoms with van der Waals surface area (Å²) in [6.45, 7) is 4.26. The second-order valence-electron chi connectivity index (χ2n) is 5.18. The number of phenolic OH excluding ortho intramolecular Hbond substituents is 1. The van der Waals surface area contributed by atoms with Crippen LogP contribution in [0.25, 0.3) is 11.4 Å². The molecule has 0 atom stereocenters. The first-order valence-corrected chi connectivity index (χ1v) is 7.28. The van der Waals surface area contributed by atoms with E-state index < -0.39 is 0 Å². The zero-order valence-electron chi connectivity index (χ0n) is 12.8. The summed E-state index contributed by atoms with van der Waals surface area (Å²) in [5.41, 5.74) is 3.09. The largest absolute Gasteiger partial charge is 0.508 e. The van der Waals surface area contributed by atoms with Gasteiger partial charge in [-0.05, 0) is 47.9 Å². The Kier molecular flexibility index (Phi) is 5.66. The first-order chi connectivity index (χ1) is 10.7. The fourth-order valence-corrected chi connectivity index (χ4v) is 1.89. The van der Waals surface area contributed by atoms with Crippen molar-refractivity contribution in [1.82, 2.24) is 9.97 Å². The standard InChI is InChI=1S/C10H8N2.C9H12O/c1-3-7-11-9(5-1)10-6-2-4-8-12-10;1-7(2)8-3-5-9(10)6-4-8/h1-8H;3-7,10H,1-2H3. The number of rotatable bonds is 2. The van der Waals surface area contributed by atoms with Crippen LogP contribution in [-0.4, -0.2) is 15.1 Å². The van der Waals surface area contributed by atoms with Crippen LogP contribution in [0, 0.1) is 0 Å². The summed E-state index contributed by atoms with van der Waals surface area (Å²) < 4.78 is 0. The minimum Gasteiger partial charge on any atom is -0.508 e. The maximum absolute atomic E-state index is 8.94. The van der Waals surface area contributed by atoms with Gasteiger partial charge in [0.1, 0.15) is 5.75 Å². The van der Waals surface area contributed by atoms with Gasteiger partial charge < -0.3 is 5.11 Å². The van der Waals surface area contributed by atoms with Gasteiger partial charge in [0.2, 0.25) is 0 Å². The molecule has 22 heavy (non-hydrogen) atoms. The molecule has 2 aromatic heterocycles. The van der Waals surface area contributed by atoms with Gasteiger partial charge >= 0.3 is 0 Å². The molecule has 3 rings (SSSR count). The number of pyridine rings is 2. The third-order valence-corrected chi connectivity index (χ3v) is 3.15. The lowest BCUT2D eigenvalue weighted by molar-refractivity contribution is 0.475. The fraction of sp³-hybridized carbons (Fsp3) is 0.158.